The Hall–Kier alpha value is -3.35. The number of ether oxygens (including phenoxy) is 1. The number of likely N-dealkylation sites (tertiary alicyclic amines) is 1. The Bertz CT molecular complexity index is 1040. The fraction of sp³-hybridized carbons (Fsp3) is 0.400. The van der Waals surface area contributed by atoms with Gasteiger partial charge in [-0.1, -0.05) is 42.5 Å². The molecule has 0 aliphatic carbocycles. The van der Waals surface area contributed by atoms with E-state index in [-0.39, 0.29) is 12.1 Å². The van der Waals surface area contributed by atoms with E-state index in [0.717, 1.165) is 11.1 Å². The molecule has 1 heterocycles. The number of carbonyl (C=O) groups excluding carboxylic acids is 2. The monoisotopic (exact) mass is 438 g/mol. The molecule has 2 aromatic carbocycles. The van der Waals surface area contributed by atoms with Crippen LogP contribution >= 0.6 is 0 Å². The molecule has 0 saturated carbocycles. The van der Waals surface area contributed by atoms with E-state index >= 15 is 0 Å². The minimum absolute atomic E-state index is 0.0963. The van der Waals surface area contributed by atoms with Crippen LogP contribution in [-0.2, 0) is 9.53 Å². The number of aromatic carboxylic acids is 1. The van der Waals surface area contributed by atoms with Crippen LogP contribution in [0, 0.1) is 6.92 Å². The van der Waals surface area contributed by atoms with Crippen molar-refractivity contribution >= 4 is 18.0 Å². The van der Waals surface area contributed by atoms with Gasteiger partial charge >= 0.3 is 12.1 Å². The summed E-state index contributed by atoms with van der Waals surface area (Å²) in [5.41, 5.74) is 6.03. The molecule has 1 aliphatic heterocycles. The zero-order chi connectivity index (χ0) is 23.8. The molecule has 3 rings (SSSR count). The smallest absolute Gasteiger partial charge is 0.411 e. The van der Waals surface area contributed by atoms with E-state index in [0.29, 0.717) is 5.56 Å². The van der Waals surface area contributed by atoms with Gasteiger partial charge in [0.05, 0.1) is 5.56 Å². The summed E-state index contributed by atoms with van der Waals surface area (Å²) < 4.78 is 5.61. The molecule has 1 unspecified atom stereocenters. The van der Waals surface area contributed by atoms with Gasteiger partial charge in [-0.25, -0.2) is 9.59 Å². The van der Waals surface area contributed by atoms with Crippen LogP contribution in [-0.4, -0.2) is 45.7 Å². The standard InChI is InChI=1S/C25H30N2O5/c1-15-10-9-13-17(21(28)29)19(15)18-14-27(23(31)32-24(2,3)4)25(5,22(26)30)20(18)16-11-7-6-8-12-16/h6-13,18,20H,14H2,1-5H3,(H2,26,30)(H,28,29)/t18?,20-,25+/m1/s1. The molecule has 0 spiro atoms. The summed E-state index contributed by atoms with van der Waals surface area (Å²) >= 11 is 0. The molecule has 32 heavy (non-hydrogen) atoms. The molecular formula is C25H30N2O5. The van der Waals surface area contributed by atoms with Gasteiger partial charge in [0.25, 0.3) is 0 Å². The summed E-state index contributed by atoms with van der Waals surface area (Å²) in [7, 11) is 0. The number of aryl methyl sites for hydroxylation is 1. The molecule has 170 valence electrons. The van der Waals surface area contributed by atoms with Crippen LogP contribution in [0.3, 0.4) is 0 Å². The van der Waals surface area contributed by atoms with Gasteiger partial charge in [0.1, 0.15) is 11.1 Å². The first-order valence-electron chi connectivity index (χ1n) is 10.6. The van der Waals surface area contributed by atoms with Gasteiger partial charge in [0, 0.05) is 18.4 Å². The summed E-state index contributed by atoms with van der Waals surface area (Å²) in [6.07, 6.45) is -0.660. The van der Waals surface area contributed by atoms with Crippen LogP contribution in [0.5, 0.6) is 0 Å². The van der Waals surface area contributed by atoms with E-state index in [1.165, 1.54) is 4.90 Å². The van der Waals surface area contributed by atoms with Crippen molar-refractivity contribution < 1.29 is 24.2 Å². The molecule has 7 heteroatoms. The Morgan fingerprint density at radius 3 is 2.25 bits per heavy atom. The van der Waals surface area contributed by atoms with Gasteiger partial charge in [-0.2, -0.15) is 0 Å². The maximum atomic E-state index is 13.2. The second-order valence-electron chi connectivity index (χ2n) is 9.44. The van der Waals surface area contributed by atoms with E-state index < -0.39 is 40.9 Å². The first-order chi connectivity index (χ1) is 14.9. The van der Waals surface area contributed by atoms with Crippen molar-refractivity contribution in [3.05, 3.63) is 70.8 Å². The Morgan fingerprint density at radius 2 is 1.72 bits per heavy atom. The number of rotatable bonds is 4. The number of hydrogen-bond acceptors (Lipinski definition) is 4. The van der Waals surface area contributed by atoms with Crippen molar-refractivity contribution in [2.24, 2.45) is 5.73 Å². The van der Waals surface area contributed by atoms with Crippen molar-refractivity contribution in [1.29, 1.82) is 0 Å². The van der Waals surface area contributed by atoms with Crippen LogP contribution in [0.15, 0.2) is 48.5 Å². The molecule has 0 aromatic heterocycles. The van der Waals surface area contributed by atoms with E-state index in [4.69, 9.17) is 10.5 Å². The number of carboxylic acids is 1. The molecule has 0 bridgehead atoms. The lowest BCUT2D eigenvalue weighted by atomic mass is 9.72. The zero-order valence-electron chi connectivity index (χ0n) is 19.1. The van der Waals surface area contributed by atoms with Crippen LogP contribution in [0.2, 0.25) is 0 Å². The first-order valence-corrected chi connectivity index (χ1v) is 10.6. The summed E-state index contributed by atoms with van der Waals surface area (Å²) in [5, 5.41) is 9.88. The first kappa shape index (κ1) is 23.3. The highest BCUT2D eigenvalue weighted by Gasteiger charge is 2.58. The largest absolute Gasteiger partial charge is 0.478 e. The third-order valence-electron chi connectivity index (χ3n) is 6.14. The van der Waals surface area contributed by atoms with Gasteiger partial charge in [-0.3, -0.25) is 9.69 Å². The fourth-order valence-corrected chi connectivity index (χ4v) is 4.75. The molecule has 1 aliphatic rings. The highest BCUT2D eigenvalue weighted by Crippen LogP contribution is 2.52. The highest BCUT2D eigenvalue weighted by atomic mass is 16.6. The number of benzene rings is 2. The second kappa shape index (κ2) is 8.30. The Labute approximate surface area is 188 Å². The number of nitrogens with two attached hydrogens (primary N) is 1. The van der Waals surface area contributed by atoms with Crippen molar-refractivity contribution in [3.8, 4) is 0 Å². The molecule has 1 fully saturated rings. The number of amides is 2. The van der Waals surface area contributed by atoms with Crippen molar-refractivity contribution in [1.82, 2.24) is 4.90 Å². The van der Waals surface area contributed by atoms with Crippen molar-refractivity contribution in [2.45, 2.75) is 57.6 Å². The zero-order valence-corrected chi connectivity index (χ0v) is 19.1. The van der Waals surface area contributed by atoms with E-state index in [1.807, 2.05) is 43.3 Å². The fourth-order valence-electron chi connectivity index (χ4n) is 4.75. The van der Waals surface area contributed by atoms with Crippen molar-refractivity contribution in [2.75, 3.05) is 6.54 Å². The van der Waals surface area contributed by atoms with Gasteiger partial charge < -0.3 is 15.6 Å². The third kappa shape index (κ3) is 4.07. The average molecular weight is 439 g/mol. The summed E-state index contributed by atoms with van der Waals surface area (Å²) in [6, 6.07) is 14.4. The molecule has 1 saturated heterocycles. The molecule has 3 atom stereocenters. The minimum atomic E-state index is -1.42. The molecular weight excluding hydrogens is 408 g/mol. The average Bonchev–Trinajstić information content (AvgIpc) is 3.01. The summed E-state index contributed by atoms with van der Waals surface area (Å²) in [6.45, 7) is 8.81. The predicted octanol–water partition coefficient (Wildman–Crippen LogP) is 4.06. The lowest BCUT2D eigenvalue weighted by Crippen LogP contribution is -2.57. The van der Waals surface area contributed by atoms with E-state index in [1.54, 1.807) is 39.8 Å². The van der Waals surface area contributed by atoms with Crippen molar-refractivity contribution in [3.63, 3.8) is 0 Å². The molecule has 0 radical (unpaired) electrons. The summed E-state index contributed by atoms with van der Waals surface area (Å²) in [4.78, 5) is 39.6. The van der Waals surface area contributed by atoms with Crippen LogP contribution in [0.25, 0.3) is 0 Å². The molecule has 2 amide bonds. The molecule has 7 nitrogen and oxygen atoms in total. The maximum absolute atomic E-state index is 13.2. The minimum Gasteiger partial charge on any atom is -0.478 e. The third-order valence-corrected chi connectivity index (χ3v) is 6.14. The predicted molar refractivity (Wildman–Crippen MR) is 121 cm³/mol. The number of carbonyl (C=O) groups is 3. The van der Waals surface area contributed by atoms with Crippen LogP contribution in [0.1, 0.15) is 66.6 Å². The molecule has 2 aromatic rings. The maximum Gasteiger partial charge on any atom is 0.411 e. The topological polar surface area (TPSA) is 110 Å². The molecule has 3 N–H and O–H groups in total. The number of carboxylic acid groups (broad SMARTS) is 1. The lowest BCUT2D eigenvalue weighted by Gasteiger charge is -2.37. The van der Waals surface area contributed by atoms with Gasteiger partial charge in [0.15, 0.2) is 0 Å². The SMILES string of the molecule is Cc1cccc(C(=O)O)c1C1CN(C(=O)OC(C)(C)C)[C@](C)(C(N)=O)[C@@H]1c1ccccc1. The Kier molecular flexibility index (Phi) is 6.05. The highest BCUT2D eigenvalue weighted by molar-refractivity contribution is 5.93. The van der Waals surface area contributed by atoms with Gasteiger partial charge in [-0.15, -0.1) is 0 Å². The van der Waals surface area contributed by atoms with Gasteiger partial charge in [-0.05, 0) is 57.4 Å². The normalized spacial score (nSPS) is 23.1. The number of primary amides is 1. The van der Waals surface area contributed by atoms with Crippen LogP contribution < -0.4 is 5.73 Å². The second-order valence-corrected chi connectivity index (χ2v) is 9.44. The Balaban J connectivity index is 2.26. The number of nitrogens with zero attached hydrogens (tertiary/aromatic N) is 1. The number of hydrogen-bond donors (Lipinski definition) is 2. The van der Waals surface area contributed by atoms with E-state index in [9.17, 15) is 19.5 Å². The van der Waals surface area contributed by atoms with Gasteiger partial charge in [0.2, 0.25) is 5.91 Å². The van der Waals surface area contributed by atoms with Crippen LogP contribution in [0.4, 0.5) is 4.79 Å². The Morgan fingerprint density at radius 1 is 1.09 bits per heavy atom. The summed E-state index contributed by atoms with van der Waals surface area (Å²) in [5.74, 6) is -2.78. The quantitative estimate of drug-likeness (QED) is 0.748. The van der Waals surface area contributed by atoms with E-state index in [2.05, 4.69) is 0 Å². The lowest BCUT2D eigenvalue weighted by molar-refractivity contribution is -0.128.